The van der Waals surface area contributed by atoms with Crippen LogP contribution in [0.3, 0.4) is 0 Å². The molecule has 0 aliphatic heterocycles. The van der Waals surface area contributed by atoms with E-state index in [4.69, 9.17) is 11.6 Å². The maximum absolute atomic E-state index is 5.91. The van der Waals surface area contributed by atoms with Crippen LogP contribution in [-0.2, 0) is 6.54 Å². The van der Waals surface area contributed by atoms with E-state index in [1.807, 2.05) is 0 Å². The molecule has 2 heteroatoms. The molecule has 0 bridgehead atoms. The van der Waals surface area contributed by atoms with Gasteiger partial charge < -0.3 is 5.32 Å². The molecule has 1 N–H and O–H groups in total. The van der Waals surface area contributed by atoms with E-state index in [-0.39, 0.29) is 0 Å². The van der Waals surface area contributed by atoms with E-state index in [2.05, 4.69) is 36.5 Å². The molecule has 1 aliphatic rings. The lowest BCUT2D eigenvalue weighted by Gasteiger charge is -2.31. The minimum atomic E-state index is 0.407. The smallest absolute Gasteiger partial charge is 0.0365 e. The van der Waals surface area contributed by atoms with Crippen LogP contribution in [0, 0.1) is 6.92 Å². The summed E-state index contributed by atoms with van der Waals surface area (Å²) in [6.45, 7) is 3.09. The topological polar surface area (TPSA) is 12.0 Å². The molecule has 1 fully saturated rings. The van der Waals surface area contributed by atoms with Gasteiger partial charge in [0.15, 0.2) is 0 Å². The van der Waals surface area contributed by atoms with Gasteiger partial charge in [-0.2, -0.15) is 0 Å². The standard InChI is InChI=1S/C12H16ClN/c1-9-3-2-4-10(5-9)8-14-12-6-11(13)7-12/h2-5,11-12,14H,6-8H2,1H3. The lowest BCUT2D eigenvalue weighted by Crippen LogP contribution is -2.41. The van der Waals surface area contributed by atoms with E-state index in [9.17, 15) is 0 Å². The normalized spacial score (nSPS) is 25.9. The number of hydrogen-bond acceptors (Lipinski definition) is 1. The second-order valence-corrected chi connectivity index (χ2v) is 4.75. The monoisotopic (exact) mass is 209 g/mol. The summed E-state index contributed by atoms with van der Waals surface area (Å²) in [4.78, 5) is 0. The van der Waals surface area contributed by atoms with Gasteiger partial charge in [-0.3, -0.25) is 0 Å². The third kappa shape index (κ3) is 2.49. The maximum atomic E-state index is 5.91. The van der Waals surface area contributed by atoms with Crippen LogP contribution in [0.5, 0.6) is 0 Å². The second-order valence-electron chi connectivity index (χ2n) is 4.14. The summed E-state index contributed by atoms with van der Waals surface area (Å²) in [6.07, 6.45) is 2.24. The van der Waals surface area contributed by atoms with Gasteiger partial charge in [-0.1, -0.05) is 29.8 Å². The number of halogens is 1. The number of hydrogen-bond donors (Lipinski definition) is 1. The fourth-order valence-electron chi connectivity index (χ4n) is 1.80. The molecule has 1 saturated carbocycles. The molecule has 0 saturated heterocycles. The third-order valence-electron chi connectivity index (χ3n) is 2.76. The van der Waals surface area contributed by atoms with Crippen molar-refractivity contribution in [2.45, 2.75) is 37.7 Å². The van der Waals surface area contributed by atoms with Crippen molar-refractivity contribution in [3.63, 3.8) is 0 Å². The van der Waals surface area contributed by atoms with Crippen molar-refractivity contribution >= 4 is 11.6 Å². The van der Waals surface area contributed by atoms with Crippen LogP contribution >= 0.6 is 11.6 Å². The third-order valence-corrected chi connectivity index (χ3v) is 3.11. The Hall–Kier alpha value is -0.530. The van der Waals surface area contributed by atoms with Gasteiger partial charge in [-0.15, -0.1) is 11.6 Å². The Labute approximate surface area is 90.5 Å². The molecule has 1 aromatic rings. The predicted octanol–water partition coefficient (Wildman–Crippen LogP) is 2.85. The maximum Gasteiger partial charge on any atom is 0.0365 e. The Kier molecular flexibility index (Phi) is 3.09. The number of nitrogens with one attached hydrogen (secondary N) is 1. The number of rotatable bonds is 3. The molecule has 0 heterocycles. The van der Waals surface area contributed by atoms with Crippen molar-refractivity contribution in [2.24, 2.45) is 0 Å². The molecule has 1 nitrogen and oxygen atoms in total. The van der Waals surface area contributed by atoms with Crippen LogP contribution in [-0.4, -0.2) is 11.4 Å². The summed E-state index contributed by atoms with van der Waals surface area (Å²) in [7, 11) is 0. The fourth-order valence-corrected chi connectivity index (χ4v) is 2.23. The highest BCUT2D eigenvalue weighted by Crippen LogP contribution is 2.25. The van der Waals surface area contributed by atoms with Gasteiger partial charge in [-0.05, 0) is 25.3 Å². The van der Waals surface area contributed by atoms with Crippen molar-refractivity contribution in [2.75, 3.05) is 0 Å². The van der Waals surface area contributed by atoms with Crippen LogP contribution in [0.15, 0.2) is 24.3 Å². The molecule has 14 heavy (non-hydrogen) atoms. The summed E-state index contributed by atoms with van der Waals surface area (Å²) in [6, 6.07) is 9.26. The molecule has 0 atom stereocenters. The quantitative estimate of drug-likeness (QED) is 0.755. The molecule has 0 radical (unpaired) electrons. The van der Waals surface area contributed by atoms with Gasteiger partial charge >= 0.3 is 0 Å². The van der Waals surface area contributed by atoms with Gasteiger partial charge in [0.1, 0.15) is 0 Å². The van der Waals surface area contributed by atoms with Crippen molar-refractivity contribution in [3.05, 3.63) is 35.4 Å². The zero-order valence-electron chi connectivity index (χ0n) is 8.46. The molecule has 1 aliphatic carbocycles. The van der Waals surface area contributed by atoms with Gasteiger partial charge in [0.05, 0.1) is 0 Å². The van der Waals surface area contributed by atoms with Gasteiger partial charge in [-0.25, -0.2) is 0 Å². The second kappa shape index (κ2) is 4.33. The molecule has 0 aromatic heterocycles. The summed E-state index contributed by atoms with van der Waals surface area (Å²) in [5.74, 6) is 0. The van der Waals surface area contributed by atoms with Crippen molar-refractivity contribution < 1.29 is 0 Å². The SMILES string of the molecule is Cc1cccc(CNC2CC(Cl)C2)c1. The van der Waals surface area contributed by atoms with Gasteiger partial charge in [0.2, 0.25) is 0 Å². The minimum Gasteiger partial charge on any atom is -0.310 e. The van der Waals surface area contributed by atoms with Gasteiger partial charge in [0.25, 0.3) is 0 Å². The fraction of sp³-hybridized carbons (Fsp3) is 0.500. The molecular formula is C12H16ClN. The van der Waals surface area contributed by atoms with E-state index in [1.54, 1.807) is 0 Å². The Morgan fingerprint density at radius 3 is 2.86 bits per heavy atom. The van der Waals surface area contributed by atoms with Crippen molar-refractivity contribution in [3.8, 4) is 0 Å². The van der Waals surface area contributed by atoms with E-state index >= 15 is 0 Å². The lowest BCUT2D eigenvalue weighted by molar-refractivity contribution is 0.345. The molecule has 76 valence electrons. The Balaban J connectivity index is 1.80. The van der Waals surface area contributed by atoms with Crippen LogP contribution in [0.25, 0.3) is 0 Å². The highest BCUT2D eigenvalue weighted by Gasteiger charge is 2.26. The number of aryl methyl sites for hydroxylation is 1. The van der Waals surface area contributed by atoms with E-state index in [0.717, 1.165) is 19.4 Å². The molecule has 1 aromatic carbocycles. The summed E-state index contributed by atoms with van der Waals surface area (Å²) < 4.78 is 0. The molecule has 0 amide bonds. The highest BCUT2D eigenvalue weighted by atomic mass is 35.5. The molecule has 0 unspecified atom stereocenters. The first kappa shape index (κ1) is 10.0. The van der Waals surface area contributed by atoms with Crippen molar-refractivity contribution in [1.29, 1.82) is 0 Å². The van der Waals surface area contributed by atoms with Crippen LogP contribution in [0.2, 0.25) is 0 Å². The first-order valence-electron chi connectivity index (χ1n) is 5.17. The Morgan fingerprint density at radius 1 is 1.43 bits per heavy atom. The Morgan fingerprint density at radius 2 is 2.21 bits per heavy atom. The first-order chi connectivity index (χ1) is 6.74. The molecule has 0 spiro atoms. The molecule has 2 rings (SSSR count). The van der Waals surface area contributed by atoms with Crippen LogP contribution in [0.4, 0.5) is 0 Å². The summed E-state index contributed by atoms with van der Waals surface area (Å²) in [5.41, 5.74) is 2.69. The zero-order valence-corrected chi connectivity index (χ0v) is 9.22. The minimum absolute atomic E-state index is 0.407. The van der Waals surface area contributed by atoms with E-state index in [0.29, 0.717) is 11.4 Å². The zero-order chi connectivity index (χ0) is 9.97. The lowest BCUT2D eigenvalue weighted by atomic mass is 9.92. The predicted molar refractivity (Wildman–Crippen MR) is 60.7 cm³/mol. The van der Waals surface area contributed by atoms with Crippen LogP contribution in [0.1, 0.15) is 24.0 Å². The number of alkyl halides is 1. The molecular weight excluding hydrogens is 194 g/mol. The largest absolute Gasteiger partial charge is 0.310 e. The van der Waals surface area contributed by atoms with Gasteiger partial charge in [0, 0.05) is 18.0 Å². The average molecular weight is 210 g/mol. The number of benzene rings is 1. The average Bonchev–Trinajstić information content (AvgIpc) is 2.11. The Bertz CT molecular complexity index is 305. The van der Waals surface area contributed by atoms with Crippen molar-refractivity contribution in [1.82, 2.24) is 5.32 Å². The highest BCUT2D eigenvalue weighted by molar-refractivity contribution is 6.21. The summed E-state index contributed by atoms with van der Waals surface area (Å²) in [5, 5.41) is 3.92. The van der Waals surface area contributed by atoms with E-state index in [1.165, 1.54) is 11.1 Å². The summed E-state index contributed by atoms with van der Waals surface area (Å²) >= 11 is 5.91. The first-order valence-corrected chi connectivity index (χ1v) is 5.60. The van der Waals surface area contributed by atoms with Crippen LogP contribution < -0.4 is 5.32 Å². The van der Waals surface area contributed by atoms with E-state index < -0.39 is 0 Å².